The number of hydrogen-bond donors (Lipinski definition) is 0. The third kappa shape index (κ3) is 7.38. The van der Waals surface area contributed by atoms with E-state index in [0.29, 0.717) is 0 Å². The highest BCUT2D eigenvalue weighted by atomic mass is 16.5. The Morgan fingerprint density at radius 1 is 1.11 bits per heavy atom. The maximum absolute atomic E-state index is 6.06. The van der Waals surface area contributed by atoms with Crippen molar-refractivity contribution < 1.29 is 9.47 Å². The molecule has 160 valence electrons. The first-order valence-electron chi connectivity index (χ1n) is 10.9. The molecule has 0 saturated carbocycles. The standard InChI is InChI=1S/C24H42N2O2/c1-8-14-26(16-21-9-11-22(12-10-21)28-20(2)3)19-24(18-25(6)7)13-15-27-23(4,5)17-24/h9-12,20H,8,13-19H2,1-7H3/t24-/m1/s1. The summed E-state index contributed by atoms with van der Waals surface area (Å²) in [6.07, 6.45) is 3.63. The number of nitrogens with zero attached hydrogens (tertiary/aromatic N) is 2. The topological polar surface area (TPSA) is 24.9 Å². The van der Waals surface area contributed by atoms with E-state index in [0.717, 1.165) is 51.4 Å². The average Bonchev–Trinajstić information content (AvgIpc) is 2.54. The summed E-state index contributed by atoms with van der Waals surface area (Å²) in [5.41, 5.74) is 1.60. The summed E-state index contributed by atoms with van der Waals surface area (Å²) in [6.45, 7) is 16.1. The van der Waals surface area contributed by atoms with Crippen LogP contribution in [-0.2, 0) is 11.3 Å². The van der Waals surface area contributed by atoms with Gasteiger partial charge in [0.2, 0.25) is 0 Å². The highest BCUT2D eigenvalue weighted by Gasteiger charge is 2.42. The third-order valence-electron chi connectivity index (χ3n) is 5.38. The highest BCUT2D eigenvalue weighted by Crippen LogP contribution is 2.40. The van der Waals surface area contributed by atoms with E-state index in [2.05, 4.69) is 82.8 Å². The summed E-state index contributed by atoms with van der Waals surface area (Å²) >= 11 is 0. The average molecular weight is 391 g/mol. The fraction of sp³-hybridized carbons (Fsp3) is 0.750. The lowest BCUT2D eigenvalue weighted by atomic mass is 9.73. The van der Waals surface area contributed by atoms with Crippen molar-refractivity contribution in [2.24, 2.45) is 5.41 Å². The van der Waals surface area contributed by atoms with Gasteiger partial charge in [0.05, 0.1) is 11.7 Å². The molecule has 1 aromatic carbocycles. The summed E-state index contributed by atoms with van der Waals surface area (Å²) in [7, 11) is 4.39. The van der Waals surface area contributed by atoms with Crippen molar-refractivity contribution in [2.75, 3.05) is 40.3 Å². The zero-order valence-corrected chi connectivity index (χ0v) is 19.3. The monoisotopic (exact) mass is 390 g/mol. The summed E-state index contributed by atoms with van der Waals surface area (Å²) in [4.78, 5) is 4.99. The van der Waals surface area contributed by atoms with Gasteiger partial charge >= 0.3 is 0 Å². The number of hydrogen-bond acceptors (Lipinski definition) is 4. The third-order valence-corrected chi connectivity index (χ3v) is 5.38. The van der Waals surface area contributed by atoms with Crippen LogP contribution < -0.4 is 4.74 Å². The fourth-order valence-electron chi connectivity index (χ4n) is 4.79. The normalized spacial score (nSPS) is 22.2. The molecule has 1 aromatic rings. The number of benzene rings is 1. The summed E-state index contributed by atoms with van der Waals surface area (Å²) in [6, 6.07) is 8.64. The van der Waals surface area contributed by atoms with Gasteiger partial charge in [-0.2, -0.15) is 0 Å². The van der Waals surface area contributed by atoms with Gasteiger partial charge in [-0.3, -0.25) is 4.90 Å². The van der Waals surface area contributed by atoms with E-state index >= 15 is 0 Å². The second kappa shape index (κ2) is 10.1. The van der Waals surface area contributed by atoms with Gasteiger partial charge < -0.3 is 14.4 Å². The van der Waals surface area contributed by atoms with Crippen molar-refractivity contribution in [2.45, 2.75) is 72.1 Å². The SMILES string of the molecule is CCCN(Cc1ccc(OC(C)C)cc1)C[C@]1(CN(C)C)CCOC(C)(C)C1. The van der Waals surface area contributed by atoms with E-state index in [4.69, 9.17) is 9.47 Å². The van der Waals surface area contributed by atoms with Crippen LogP contribution in [0.25, 0.3) is 0 Å². The molecule has 4 heteroatoms. The molecular weight excluding hydrogens is 348 g/mol. The van der Waals surface area contributed by atoms with Crippen LogP contribution in [0.1, 0.15) is 59.4 Å². The fourth-order valence-corrected chi connectivity index (χ4v) is 4.79. The lowest BCUT2D eigenvalue weighted by molar-refractivity contribution is -0.117. The molecule has 1 aliphatic heterocycles. The summed E-state index contributed by atoms with van der Waals surface area (Å²) < 4.78 is 11.8. The van der Waals surface area contributed by atoms with Crippen LogP contribution in [0.3, 0.4) is 0 Å². The van der Waals surface area contributed by atoms with Gasteiger partial charge in [0, 0.05) is 31.7 Å². The first kappa shape index (κ1) is 23.2. The van der Waals surface area contributed by atoms with E-state index < -0.39 is 0 Å². The van der Waals surface area contributed by atoms with Gasteiger partial charge in [-0.25, -0.2) is 0 Å². The van der Waals surface area contributed by atoms with Crippen LogP contribution in [0.15, 0.2) is 24.3 Å². The summed E-state index contributed by atoms with van der Waals surface area (Å²) in [5.74, 6) is 0.955. The van der Waals surface area contributed by atoms with Gasteiger partial charge in [0.15, 0.2) is 0 Å². The molecule has 0 N–H and O–H groups in total. The summed E-state index contributed by atoms with van der Waals surface area (Å²) in [5, 5.41) is 0. The predicted octanol–water partition coefficient (Wildman–Crippen LogP) is 4.82. The lowest BCUT2D eigenvalue weighted by Gasteiger charge is -2.48. The molecule has 0 aliphatic carbocycles. The van der Waals surface area contributed by atoms with Gasteiger partial charge in [-0.15, -0.1) is 0 Å². The minimum atomic E-state index is -0.0397. The molecule has 4 nitrogen and oxygen atoms in total. The van der Waals surface area contributed by atoms with Crippen LogP contribution in [0.4, 0.5) is 0 Å². The van der Waals surface area contributed by atoms with Crippen molar-refractivity contribution in [3.8, 4) is 5.75 Å². The molecule has 0 spiro atoms. The first-order chi connectivity index (χ1) is 13.1. The maximum atomic E-state index is 6.06. The molecule has 1 heterocycles. The molecule has 0 unspecified atom stereocenters. The Balaban J connectivity index is 2.12. The van der Waals surface area contributed by atoms with Crippen LogP contribution in [0, 0.1) is 5.41 Å². The second-order valence-electron chi connectivity index (χ2n) is 9.79. The quantitative estimate of drug-likeness (QED) is 0.572. The van der Waals surface area contributed by atoms with Crippen LogP contribution in [0.5, 0.6) is 5.75 Å². The molecule has 1 aliphatic rings. The zero-order valence-electron chi connectivity index (χ0n) is 19.3. The largest absolute Gasteiger partial charge is 0.491 e. The first-order valence-corrected chi connectivity index (χ1v) is 10.9. The number of rotatable bonds is 10. The minimum absolute atomic E-state index is 0.0397. The molecular formula is C24H42N2O2. The number of ether oxygens (including phenoxy) is 2. The van der Waals surface area contributed by atoms with Crippen molar-refractivity contribution in [1.29, 1.82) is 0 Å². The van der Waals surface area contributed by atoms with E-state index in [1.807, 2.05) is 0 Å². The Bertz CT molecular complexity index is 583. The van der Waals surface area contributed by atoms with E-state index in [-0.39, 0.29) is 17.1 Å². The smallest absolute Gasteiger partial charge is 0.119 e. The van der Waals surface area contributed by atoms with E-state index in [1.165, 1.54) is 12.0 Å². The van der Waals surface area contributed by atoms with E-state index in [1.54, 1.807) is 0 Å². The molecule has 28 heavy (non-hydrogen) atoms. The molecule has 0 aromatic heterocycles. The molecule has 1 fully saturated rings. The Kier molecular flexibility index (Phi) is 8.35. The molecule has 0 bridgehead atoms. The molecule has 0 radical (unpaired) electrons. The Labute approximate surface area is 173 Å². The molecule has 1 atom stereocenters. The highest BCUT2D eigenvalue weighted by molar-refractivity contribution is 5.27. The van der Waals surface area contributed by atoms with Crippen LogP contribution in [0.2, 0.25) is 0 Å². The Morgan fingerprint density at radius 3 is 2.32 bits per heavy atom. The van der Waals surface area contributed by atoms with Gasteiger partial charge in [-0.1, -0.05) is 19.1 Å². The van der Waals surface area contributed by atoms with Gasteiger partial charge in [-0.05, 0) is 85.3 Å². The molecule has 2 rings (SSSR count). The molecule has 1 saturated heterocycles. The second-order valence-corrected chi connectivity index (χ2v) is 9.79. The van der Waals surface area contributed by atoms with Crippen LogP contribution >= 0.6 is 0 Å². The van der Waals surface area contributed by atoms with Crippen molar-refractivity contribution >= 4 is 0 Å². The van der Waals surface area contributed by atoms with Gasteiger partial charge in [0.1, 0.15) is 5.75 Å². The maximum Gasteiger partial charge on any atom is 0.119 e. The van der Waals surface area contributed by atoms with Gasteiger partial charge in [0.25, 0.3) is 0 Å². The Morgan fingerprint density at radius 2 is 1.79 bits per heavy atom. The minimum Gasteiger partial charge on any atom is -0.491 e. The van der Waals surface area contributed by atoms with Crippen LogP contribution in [-0.4, -0.2) is 61.8 Å². The van der Waals surface area contributed by atoms with Crippen molar-refractivity contribution in [1.82, 2.24) is 9.80 Å². The van der Waals surface area contributed by atoms with E-state index in [9.17, 15) is 0 Å². The predicted molar refractivity (Wildman–Crippen MR) is 118 cm³/mol. The van der Waals surface area contributed by atoms with Crippen molar-refractivity contribution in [3.05, 3.63) is 29.8 Å². The lowest BCUT2D eigenvalue weighted by Crippen LogP contribution is -2.51. The zero-order chi connectivity index (χ0) is 20.8. The molecule has 0 amide bonds. The van der Waals surface area contributed by atoms with Crippen molar-refractivity contribution in [3.63, 3.8) is 0 Å². The Hall–Kier alpha value is -1.10.